The van der Waals surface area contributed by atoms with Gasteiger partial charge in [-0.2, -0.15) is 0 Å². The van der Waals surface area contributed by atoms with Gasteiger partial charge in [0.15, 0.2) is 0 Å². The lowest BCUT2D eigenvalue weighted by Gasteiger charge is -2.27. The van der Waals surface area contributed by atoms with Crippen LogP contribution in [0.4, 0.5) is 17.2 Å². The Morgan fingerprint density at radius 3 is 2.49 bits per heavy atom. The second-order valence-electron chi connectivity index (χ2n) is 9.24. The van der Waals surface area contributed by atoms with Gasteiger partial charge in [-0.25, -0.2) is 9.97 Å². The summed E-state index contributed by atoms with van der Waals surface area (Å²) < 4.78 is 5.57. The van der Waals surface area contributed by atoms with Crippen LogP contribution in [0.5, 0.6) is 0 Å². The SMILES string of the molecule is Cc1nc(-c2onc(C)c2Nc2cncc(C(C)C)n2)ccc1NC(=O)[C@H]1CCCC[C@@H]1C(=O)O. The van der Waals surface area contributed by atoms with Crippen molar-refractivity contribution < 1.29 is 19.2 Å². The molecule has 3 heterocycles. The molecule has 0 aliphatic heterocycles. The first-order valence-electron chi connectivity index (χ1n) is 11.8. The summed E-state index contributed by atoms with van der Waals surface area (Å²) in [5.74, 6) is -1.15. The van der Waals surface area contributed by atoms with Crippen molar-refractivity contribution in [3.63, 3.8) is 0 Å². The number of carbonyl (C=O) groups excluding carboxylic acids is 1. The van der Waals surface area contributed by atoms with Crippen molar-refractivity contribution in [2.45, 2.75) is 59.3 Å². The zero-order valence-electron chi connectivity index (χ0n) is 20.3. The topological polar surface area (TPSA) is 143 Å². The number of nitrogens with one attached hydrogen (secondary N) is 2. The highest BCUT2D eigenvalue weighted by atomic mass is 16.5. The molecule has 1 aliphatic carbocycles. The van der Waals surface area contributed by atoms with Crippen LogP contribution in [0.25, 0.3) is 11.5 Å². The average molecular weight is 479 g/mol. The molecule has 10 nitrogen and oxygen atoms in total. The molecule has 4 rings (SSSR count). The highest BCUT2D eigenvalue weighted by molar-refractivity contribution is 5.95. The van der Waals surface area contributed by atoms with Crippen molar-refractivity contribution in [1.29, 1.82) is 0 Å². The van der Waals surface area contributed by atoms with Gasteiger partial charge in [-0.05, 0) is 44.7 Å². The summed E-state index contributed by atoms with van der Waals surface area (Å²) in [7, 11) is 0. The summed E-state index contributed by atoms with van der Waals surface area (Å²) >= 11 is 0. The van der Waals surface area contributed by atoms with E-state index in [1.54, 1.807) is 31.5 Å². The number of hydrogen-bond acceptors (Lipinski definition) is 8. The second-order valence-corrected chi connectivity index (χ2v) is 9.24. The van der Waals surface area contributed by atoms with Crippen LogP contribution < -0.4 is 10.6 Å². The predicted octanol–water partition coefficient (Wildman–Crippen LogP) is 4.84. The minimum absolute atomic E-state index is 0.235. The van der Waals surface area contributed by atoms with Gasteiger partial charge < -0.3 is 20.3 Å². The lowest BCUT2D eigenvalue weighted by Crippen LogP contribution is -2.36. The number of pyridine rings is 1. The van der Waals surface area contributed by atoms with E-state index in [2.05, 4.69) is 30.7 Å². The molecule has 10 heteroatoms. The van der Waals surface area contributed by atoms with E-state index in [0.29, 0.717) is 52.9 Å². The van der Waals surface area contributed by atoms with E-state index >= 15 is 0 Å². The molecule has 1 amide bonds. The summed E-state index contributed by atoms with van der Waals surface area (Å²) in [6.45, 7) is 7.70. The lowest BCUT2D eigenvalue weighted by molar-refractivity contribution is -0.147. The van der Waals surface area contributed by atoms with E-state index in [4.69, 9.17) is 4.52 Å². The third-order valence-electron chi connectivity index (χ3n) is 6.36. The van der Waals surface area contributed by atoms with Gasteiger partial charge in [0.2, 0.25) is 11.7 Å². The van der Waals surface area contributed by atoms with Gasteiger partial charge in [-0.15, -0.1) is 0 Å². The fourth-order valence-electron chi connectivity index (χ4n) is 4.32. The molecule has 3 N–H and O–H groups in total. The summed E-state index contributed by atoms with van der Waals surface area (Å²) in [4.78, 5) is 37.9. The van der Waals surface area contributed by atoms with Crippen molar-refractivity contribution in [2.24, 2.45) is 11.8 Å². The quantitative estimate of drug-likeness (QED) is 0.434. The Morgan fingerprint density at radius 2 is 1.80 bits per heavy atom. The standard InChI is InChI=1S/C25H30N6O4/c1-13(2)20-11-26-12-21(28-20)30-22-15(4)31-35-23(22)19-10-9-18(14(3)27-19)29-24(32)16-7-5-6-8-17(16)25(33)34/h9-13,16-17H,5-8H2,1-4H3,(H,28,30)(H,29,32)(H,33,34)/t16-,17-/m0/s1. The Morgan fingerprint density at radius 1 is 1.06 bits per heavy atom. The van der Waals surface area contributed by atoms with E-state index in [-0.39, 0.29) is 11.8 Å². The molecule has 35 heavy (non-hydrogen) atoms. The zero-order valence-corrected chi connectivity index (χ0v) is 20.3. The van der Waals surface area contributed by atoms with E-state index in [9.17, 15) is 14.7 Å². The first-order valence-corrected chi connectivity index (χ1v) is 11.8. The Hall–Kier alpha value is -3.82. The highest BCUT2D eigenvalue weighted by Crippen LogP contribution is 2.34. The number of nitrogens with zero attached hydrogens (tertiary/aromatic N) is 4. The molecule has 1 saturated carbocycles. The van der Waals surface area contributed by atoms with Crippen molar-refractivity contribution in [3.05, 3.63) is 41.6 Å². The molecule has 0 unspecified atom stereocenters. The van der Waals surface area contributed by atoms with E-state index < -0.39 is 17.8 Å². The summed E-state index contributed by atoms with van der Waals surface area (Å²) in [6, 6.07) is 3.48. The van der Waals surface area contributed by atoms with Gasteiger partial charge in [0.25, 0.3) is 0 Å². The summed E-state index contributed by atoms with van der Waals surface area (Å²) in [6.07, 6.45) is 6.14. The molecule has 3 aromatic heterocycles. The molecule has 1 aliphatic rings. The number of aryl methyl sites for hydroxylation is 2. The molecule has 1 fully saturated rings. The second kappa shape index (κ2) is 10.2. The number of carbonyl (C=O) groups is 2. The Labute approximate surface area is 203 Å². The number of carboxylic acids is 1. The summed E-state index contributed by atoms with van der Waals surface area (Å²) in [5.41, 5.74) is 3.80. The predicted molar refractivity (Wildman–Crippen MR) is 130 cm³/mol. The van der Waals surface area contributed by atoms with E-state index in [0.717, 1.165) is 18.5 Å². The molecule has 0 radical (unpaired) electrons. The first kappa shape index (κ1) is 24.3. The van der Waals surface area contributed by atoms with Crippen LogP contribution in [0, 0.1) is 25.7 Å². The fraction of sp³-hybridized carbons (Fsp3) is 0.440. The van der Waals surface area contributed by atoms with Crippen molar-refractivity contribution in [1.82, 2.24) is 20.1 Å². The Bertz CT molecular complexity index is 1240. The van der Waals surface area contributed by atoms with E-state index in [1.165, 1.54) is 0 Å². The number of rotatable bonds is 7. The molecule has 184 valence electrons. The van der Waals surface area contributed by atoms with Crippen molar-refractivity contribution in [3.8, 4) is 11.5 Å². The minimum atomic E-state index is -0.917. The number of amides is 1. The molecule has 0 saturated heterocycles. The molecular formula is C25H30N6O4. The molecule has 0 aromatic carbocycles. The number of carboxylic acid groups (broad SMARTS) is 1. The molecule has 2 atom stereocenters. The van der Waals surface area contributed by atoms with Gasteiger partial charge >= 0.3 is 5.97 Å². The average Bonchev–Trinajstić information content (AvgIpc) is 3.20. The zero-order chi connectivity index (χ0) is 25.1. The minimum Gasteiger partial charge on any atom is -0.481 e. The van der Waals surface area contributed by atoms with Crippen molar-refractivity contribution in [2.75, 3.05) is 10.6 Å². The van der Waals surface area contributed by atoms with Gasteiger partial charge in [-0.1, -0.05) is 31.8 Å². The van der Waals surface area contributed by atoms with Gasteiger partial charge in [0.1, 0.15) is 22.9 Å². The Balaban J connectivity index is 1.55. The molecule has 0 spiro atoms. The lowest BCUT2D eigenvalue weighted by atomic mass is 9.78. The van der Waals surface area contributed by atoms with Crippen LogP contribution in [-0.2, 0) is 9.59 Å². The van der Waals surface area contributed by atoms with Crippen LogP contribution in [0.15, 0.2) is 29.0 Å². The fourth-order valence-corrected chi connectivity index (χ4v) is 4.32. The molecule has 0 bridgehead atoms. The molecule has 3 aromatic rings. The van der Waals surface area contributed by atoms with E-state index in [1.807, 2.05) is 20.8 Å². The Kier molecular flexibility index (Phi) is 7.09. The third kappa shape index (κ3) is 5.31. The van der Waals surface area contributed by atoms with Crippen LogP contribution in [-0.4, -0.2) is 37.1 Å². The number of aromatic nitrogens is 4. The monoisotopic (exact) mass is 478 g/mol. The number of hydrogen-bond donors (Lipinski definition) is 3. The van der Waals surface area contributed by atoms with Crippen LogP contribution in [0.1, 0.15) is 62.5 Å². The smallest absolute Gasteiger partial charge is 0.307 e. The number of aliphatic carboxylic acids is 1. The first-order chi connectivity index (χ1) is 16.7. The third-order valence-corrected chi connectivity index (χ3v) is 6.36. The van der Waals surface area contributed by atoms with Crippen LogP contribution in [0.3, 0.4) is 0 Å². The molecular weight excluding hydrogens is 448 g/mol. The van der Waals surface area contributed by atoms with Gasteiger partial charge in [-0.3, -0.25) is 14.6 Å². The highest BCUT2D eigenvalue weighted by Gasteiger charge is 2.36. The van der Waals surface area contributed by atoms with Crippen LogP contribution in [0.2, 0.25) is 0 Å². The number of anilines is 3. The van der Waals surface area contributed by atoms with Crippen molar-refractivity contribution >= 4 is 29.1 Å². The maximum atomic E-state index is 12.9. The van der Waals surface area contributed by atoms with Gasteiger partial charge in [0.05, 0.1) is 35.1 Å². The summed E-state index contributed by atoms with van der Waals surface area (Å²) in [5, 5.41) is 19.7. The largest absolute Gasteiger partial charge is 0.481 e. The normalized spacial score (nSPS) is 17.9. The maximum Gasteiger partial charge on any atom is 0.307 e. The van der Waals surface area contributed by atoms with Crippen LogP contribution >= 0.6 is 0 Å². The van der Waals surface area contributed by atoms with Gasteiger partial charge in [0, 0.05) is 6.20 Å². The maximum absolute atomic E-state index is 12.9.